The number of ether oxygens (including phenoxy) is 1. The second kappa shape index (κ2) is 7.15. The first kappa shape index (κ1) is 17.3. The predicted octanol–water partition coefficient (Wildman–Crippen LogP) is 6.03. The van der Waals surface area contributed by atoms with Gasteiger partial charge in [-0.25, -0.2) is 0 Å². The molecule has 0 spiro atoms. The molecule has 0 saturated heterocycles. The molecule has 4 aliphatic rings. The van der Waals surface area contributed by atoms with Crippen molar-refractivity contribution in [3.05, 3.63) is 0 Å². The molecule has 0 aromatic carbocycles. The average molecular weight is 321 g/mol. The summed E-state index contributed by atoms with van der Waals surface area (Å²) in [5.41, 5.74) is 0.531. The number of unbranched alkanes of at least 4 members (excludes halogenated alkanes) is 1. The van der Waals surface area contributed by atoms with Crippen LogP contribution < -0.4 is 0 Å². The highest BCUT2D eigenvalue weighted by atomic mass is 16.6. The fourth-order valence-corrected chi connectivity index (χ4v) is 5.82. The van der Waals surface area contributed by atoms with Crippen molar-refractivity contribution < 1.29 is 9.53 Å². The summed E-state index contributed by atoms with van der Waals surface area (Å²) in [4.78, 5) is 11.7. The van der Waals surface area contributed by atoms with Crippen LogP contribution in [-0.4, -0.2) is 11.6 Å². The van der Waals surface area contributed by atoms with Crippen molar-refractivity contribution in [2.75, 3.05) is 0 Å². The lowest BCUT2D eigenvalue weighted by molar-refractivity contribution is -0.182. The number of fused-ring (bicyclic) bond motifs is 3. The maximum absolute atomic E-state index is 11.7. The van der Waals surface area contributed by atoms with Gasteiger partial charge in [-0.15, -0.1) is 0 Å². The van der Waals surface area contributed by atoms with Crippen LogP contribution in [0.1, 0.15) is 104 Å². The number of esters is 1. The molecule has 0 atom stereocenters. The van der Waals surface area contributed by atoms with Crippen LogP contribution >= 0.6 is 0 Å². The molecule has 0 amide bonds. The van der Waals surface area contributed by atoms with E-state index in [1.165, 1.54) is 64.2 Å². The maximum atomic E-state index is 11.7. The minimum absolute atomic E-state index is 0.0100. The van der Waals surface area contributed by atoms with Gasteiger partial charge in [-0.2, -0.15) is 0 Å². The molecule has 2 nitrogen and oxygen atoms in total. The third kappa shape index (κ3) is 3.61. The molecule has 2 bridgehead atoms. The Kier molecular flexibility index (Phi) is 5.38. The highest BCUT2D eigenvalue weighted by Crippen LogP contribution is 2.60. The standard InChI is InChI=1S/C21H36O2/c1-3-5-6-17-7-9-18(10-8-17)20-11-14-21(15-12-20,16-13-20)23-19(22)4-2/h17-18H,3-16H2,1-2H3/t17-,18-,20?,21?. The van der Waals surface area contributed by atoms with Gasteiger partial charge in [0.1, 0.15) is 5.60 Å². The van der Waals surface area contributed by atoms with Crippen LogP contribution in [0.3, 0.4) is 0 Å². The van der Waals surface area contributed by atoms with E-state index in [1.807, 2.05) is 6.92 Å². The number of hydrogen-bond donors (Lipinski definition) is 0. The minimum Gasteiger partial charge on any atom is -0.459 e. The molecule has 4 aliphatic carbocycles. The van der Waals surface area contributed by atoms with E-state index in [1.54, 1.807) is 0 Å². The van der Waals surface area contributed by atoms with Gasteiger partial charge in [0.25, 0.3) is 0 Å². The van der Waals surface area contributed by atoms with Crippen molar-refractivity contribution in [3.8, 4) is 0 Å². The molecular weight excluding hydrogens is 284 g/mol. The molecule has 0 aromatic heterocycles. The first-order valence-corrected chi connectivity index (χ1v) is 10.3. The van der Waals surface area contributed by atoms with Crippen LogP contribution in [0.15, 0.2) is 0 Å². The third-order valence-corrected chi connectivity index (χ3v) is 7.53. The van der Waals surface area contributed by atoms with Gasteiger partial charge in [0.05, 0.1) is 0 Å². The Hall–Kier alpha value is -0.530. The summed E-state index contributed by atoms with van der Waals surface area (Å²) < 4.78 is 5.87. The molecule has 4 saturated carbocycles. The van der Waals surface area contributed by atoms with Crippen LogP contribution in [0.25, 0.3) is 0 Å². The molecule has 132 valence electrons. The smallest absolute Gasteiger partial charge is 0.306 e. The van der Waals surface area contributed by atoms with Gasteiger partial charge in [0, 0.05) is 6.42 Å². The van der Waals surface area contributed by atoms with Gasteiger partial charge in [-0.1, -0.05) is 46.0 Å². The summed E-state index contributed by atoms with van der Waals surface area (Å²) in [6.45, 7) is 4.22. The summed E-state index contributed by atoms with van der Waals surface area (Å²) in [5.74, 6) is 1.98. The van der Waals surface area contributed by atoms with E-state index in [2.05, 4.69) is 6.92 Å². The lowest BCUT2D eigenvalue weighted by Gasteiger charge is -2.56. The monoisotopic (exact) mass is 320 g/mol. The fourth-order valence-electron chi connectivity index (χ4n) is 5.82. The van der Waals surface area contributed by atoms with E-state index >= 15 is 0 Å². The second-order valence-electron chi connectivity index (χ2n) is 8.73. The minimum atomic E-state index is -0.0762. The Bertz CT molecular complexity index is 382. The normalized spacial score (nSPS) is 40.1. The highest BCUT2D eigenvalue weighted by molar-refractivity contribution is 5.69. The van der Waals surface area contributed by atoms with E-state index in [0.29, 0.717) is 11.8 Å². The molecular formula is C21H36O2. The second-order valence-corrected chi connectivity index (χ2v) is 8.73. The van der Waals surface area contributed by atoms with Gasteiger partial charge in [0.2, 0.25) is 0 Å². The quantitative estimate of drug-likeness (QED) is 0.559. The van der Waals surface area contributed by atoms with Crippen molar-refractivity contribution in [2.45, 2.75) is 109 Å². The largest absolute Gasteiger partial charge is 0.459 e. The lowest BCUT2D eigenvalue weighted by Crippen LogP contribution is -2.51. The van der Waals surface area contributed by atoms with Crippen LogP contribution in [-0.2, 0) is 9.53 Å². The van der Waals surface area contributed by atoms with Crippen molar-refractivity contribution in [1.29, 1.82) is 0 Å². The number of rotatable bonds is 6. The molecule has 4 rings (SSSR count). The van der Waals surface area contributed by atoms with E-state index in [-0.39, 0.29) is 11.6 Å². The van der Waals surface area contributed by atoms with E-state index in [4.69, 9.17) is 4.74 Å². The lowest BCUT2D eigenvalue weighted by atomic mass is 9.51. The number of carbonyl (C=O) groups is 1. The first-order valence-electron chi connectivity index (χ1n) is 10.3. The van der Waals surface area contributed by atoms with Crippen molar-refractivity contribution in [3.63, 3.8) is 0 Å². The van der Waals surface area contributed by atoms with Crippen molar-refractivity contribution in [1.82, 2.24) is 0 Å². The topological polar surface area (TPSA) is 26.3 Å². The summed E-state index contributed by atoms with van der Waals surface area (Å²) in [6, 6.07) is 0. The van der Waals surface area contributed by atoms with Crippen molar-refractivity contribution in [2.24, 2.45) is 17.3 Å². The van der Waals surface area contributed by atoms with Crippen LogP contribution in [0, 0.1) is 17.3 Å². The summed E-state index contributed by atoms with van der Waals surface area (Å²) in [6.07, 6.45) is 18.0. The molecule has 0 unspecified atom stereocenters. The molecule has 23 heavy (non-hydrogen) atoms. The summed E-state index contributed by atoms with van der Waals surface area (Å²) in [5, 5.41) is 0. The molecule has 0 aromatic rings. The van der Waals surface area contributed by atoms with Crippen LogP contribution in [0.2, 0.25) is 0 Å². The Balaban J connectivity index is 1.53. The Labute approximate surface area is 142 Å². The third-order valence-electron chi connectivity index (χ3n) is 7.53. The van der Waals surface area contributed by atoms with E-state index < -0.39 is 0 Å². The Morgan fingerprint density at radius 3 is 2.09 bits per heavy atom. The first-order chi connectivity index (χ1) is 11.1. The number of hydrogen-bond acceptors (Lipinski definition) is 2. The average Bonchev–Trinajstić information content (AvgIpc) is 2.61. The zero-order chi connectivity index (χ0) is 16.3. The van der Waals surface area contributed by atoms with Gasteiger partial charge in [-0.05, 0) is 68.6 Å². The molecule has 2 heteroatoms. The molecule has 4 fully saturated rings. The van der Waals surface area contributed by atoms with Gasteiger partial charge >= 0.3 is 5.97 Å². The fraction of sp³-hybridized carbons (Fsp3) is 0.952. The van der Waals surface area contributed by atoms with Crippen LogP contribution in [0.5, 0.6) is 0 Å². The maximum Gasteiger partial charge on any atom is 0.306 e. The zero-order valence-electron chi connectivity index (χ0n) is 15.4. The van der Waals surface area contributed by atoms with E-state index in [9.17, 15) is 4.79 Å². The predicted molar refractivity (Wildman–Crippen MR) is 94.2 cm³/mol. The van der Waals surface area contributed by atoms with Gasteiger partial charge in [-0.3, -0.25) is 4.79 Å². The van der Waals surface area contributed by atoms with E-state index in [0.717, 1.165) is 31.1 Å². The van der Waals surface area contributed by atoms with Crippen molar-refractivity contribution >= 4 is 5.97 Å². The summed E-state index contributed by atoms with van der Waals surface area (Å²) >= 11 is 0. The molecule has 0 N–H and O–H groups in total. The highest BCUT2D eigenvalue weighted by Gasteiger charge is 2.53. The zero-order valence-corrected chi connectivity index (χ0v) is 15.4. The molecule has 0 aliphatic heterocycles. The summed E-state index contributed by atoms with van der Waals surface area (Å²) in [7, 11) is 0. The van der Waals surface area contributed by atoms with Gasteiger partial charge in [0.15, 0.2) is 0 Å². The molecule has 0 heterocycles. The number of carbonyl (C=O) groups excluding carboxylic acids is 1. The Morgan fingerprint density at radius 2 is 1.57 bits per heavy atom. The van der Waals surface area contributed by atoms with Gasteiger partial charge < -0.3 is 4.74 Å². The Morgan fingerprint density at radius 1 is 0.957 bits per heavy atom. The molecule has 0 radical (unpaired) electrons. The SMILES string of the molecule is CCCC[C@H]1CC[C@H](C23CCC(OC(=O)CC)(CC2)CC3)CC1. The van der Waals surface area contributed by atoms with Crippen LogP contribution in [0.4, 0.5) is 0 Å².